The molecule has 6 nitrogen and oxygen atoms in total. The van der Waals surface area contributed by atoms with Crippen molar-refractivity contribution in [2.45, 2.75) is 43.7 Å². The van der Waals surface area contributed by atoms with Gasteiger partial charge in [-0.2, -0.15) is 4.98 Å². The number of nitrogen functional groups attached to an aromatic ring is 1. The number of nitrogens with zero attached hydrogens (tertiary/aromatic N) is 3. The number of hydrogen-bond donors (Lipinski definition) is 2. The molecule has 1 aliphatic heterocycles. The minimum absolute atomic E-state index is 0. The summed E-state index contributed by atoms with van der Waals surface area (Å²) in [5.74, 6) is 1.88. The molecule has 1 aromatic carbocycles. The molecule has 0 spiro atoms. The first-order chi connectivity index (χ1) is 12.6. The summed E-state index contributed by atoms with van der Waals surface area (Å²) in [5, 5.41) is 0. The fourth-order valence-corrected chi connectivity index (χ4v) is 3.68. The standard InChI is InChI=1S/C19H24FN5O.2ClH/c20-13-2-1-3-16(10-13)26-15-4-6-25(7-5-15)18-11-17(23-19(22)24-18)12-8-14(21)9-12;;/h1-3,10-12,14-15H,4-9,21H2,(H2,22,23,24);2*1H. The van der Waals surface area contributed by atoms with Gasteiger partial charge in [0.15, 0.2) is 0 Å². The van der Waals surface area contributed by atoms with E-state index in [4.69, 9.17) is 16.2 Å². The van der Waals surface area contributed by atoms with Crippen molar-refractivity contribution in [3.63, 3.8) is 0 Å². The molecule has 0 bridgehead atoms. The van der Waals surface area contributed by atoms with Crippen molar-refractivity contribution in [2.75, 3.05) is 23.7 Å². The number of halogens is 3. The second-order valence-electron chi connectivity index (χ2n) is 7.20. The Balaban J connectivity index is 0.00000140. The van der Waals surface area contributed by atoms with Crippen LogP contribution in [0.5, 0.6) is 5.75 Å². The van der Waals surface area contributed by atoms with Gasteiger partial charge in [0.2, 0.25) is 5.95 Å². The first-order valence-electron chi connectivity index (χ1n) is 9.14. The summed E-state index contributed by atoms with van der Waals surface area (Å²) in [6, 6.07) is 8.61. The van der Waals surface area contributed by atoms with Gasteiger partial charge in [-0.3, -0.25) is 0 Å². The van der Waals surface area contributed by atoms with E-state index >= 15 is 0 Å². The van der Waals surface area contributed by atoms with Crippen molar-refractivity contribution < 1.29 is 9.13 Å². The third-order valence-corrected chi connectivity index (χ3v) is 5.21. The molecule has 0 atom stereocenters. The highest BCUT2D eigenvalue weighted by Gasteiger charge is 2.30. The van der Waals surface area contributed by atoms with Gasteiger partial charge in [-0.15, -0.1) is 24.8 Å². The fourth-order valence-electron chi connectivity index (χ4n) is 3.68. The lowest BCUT2D eigenvalue weighted by atomic mass is 9.78. The number of benzene rings is 1. The third-order valence-electron chi connectivity index (χ3n) is 5.21. The minimum atomic E-state index is -0.278. The first-order valence-corrected chi connectivity index (χ1v) is 9.14. The van der Waals surface area contributed by atoms with Crippen molar-refractivity contribution >= 4 is 36.6 Å². The molecule has 154 valence electrons. The molecule has 2 aliphatic rings. The molecule has 2 fully saturated rings. The average molecular weight is 430 g/mol. The summed E-state index contributed by atoms with van der Waals surface area (Å²) in [6.45, 7) is 1.64. The second-order valence-corrected chi connectivity index (χ2v) is 7.20. The molecule has 1 aromatic heterocycles. The highest BCUT2D eigenvalue weighted by molar-refractivity contribution is 5.85. The Bertz CT molecular complexity index is 783. The molecular weight excluding hydrogens is 404 g/mol. The van der Waals surface area contributed by atoms with Crippen molar-refractivity contribution in [1.82, 2.24) is 9.97 Å². The van der Waals surface area contributed by atoms with Crippen LogP contribution in [0.15, 0.2) is 30.3 Å². The number of hydrogen-bond acceptors (Lipinski definition) is 6. The van der Waals surface area contributed by atoms with Crippen LogP contribution in [0.1, 0.15) is 37.3 Å². The number of anilines is 2. The summed E-state index contributed by atoms with van der Waals surface area (Å²) < 4.78 is 19.2. The van der Waals surface area contributed by atoms with Crippen LogP contribution in [-0.2, 0) is 0 Å². The Morgan fingerprint density at radius 3 is 2.43 bits per heavy atom. The molecule has 4 N–H and O–H groups in total. The highest BCUT2D eigenvalue weighted by atomic mass is 35.5. The highest BCUT2D eigenvalue weighted by Crippen LogP contribution is 2.36. The molecule has 0 radical (unpaired) electrons. The van der Waals surface area contributed by atoms with E-state index in [-0.39, 0.29) is 42.8 Å². The summed E-state index contributed by atoms with van der Waals surface area (Å²) in [6.07, 6.45) is 3.70. The summed E-state index contributed by atoms with van der Waals surface area (Å²) in [4.78, 5) is 11.0. The Morgan fingerprint density at radius 1 is 1.07 bits per heavy atom. The molecule has 9 heteroatoms. The molecule has 1 saturated carbocycles. The topological polar surface area (TPSA) is 90.3 Å². The number of rotatable bonds is 4. The first kappa shape index (κ1) is 22.5. The van der Waals surface area contributed by atoms with Crippen molar-refractivity contribution in [2.24, 2.45) is 5.73 Å². The maximum absolute atomic E-state index is 13.3. The second kappa shape index (κ2) is 9.58. The van der Waals surface area contributed by atoms with Crippen LogP contribution in [0.3, 0.4) is 0 Å². The van der Waals surface area contributed by atoms with Gasteiger partial charge in [0.25, 0.3) is 0 Å². The Morgan fingerprint density at radius 2 is 1.79 bits per heavy atom. The lowest BCUT2D eigenvalue weighted by Crippen LogP contribution is -2.39. The lowest BCUT2D eigenvalue weighted by molar-refractivity contribution is 0.170. The third kappa shape index (κ3) is 5.16. The van der Waals surface area contributed by atoms with Gasteiger partial charge in [0.1, 0.15) is 23.5 Å². The number of piperidine rings is 1. The number of nitrogens with two attached hydrogens (primary N) is 2. The van der Waals surface area contributed by atoms with Gasteiger partial charge < -0.3 is 21.1 Å². The lowest BCUT2D eigenvalue weighted by Gasteiger charge is -2.35. The molecule has 0 amide bonds. The van der Waals surface area contributed by atoms with E-state index in [1.807, 2.05) is 6.07 Å². The van der Waals surface area contributed by atoms with E-state index in [1.165, 1.54) is 12.1 Å². The molecule has 0 unspecified atom stereocenters. The van der Waals surface area contributed by atoms with E-state index in [0.717, 1.165) is 50.3 Å². The van der Waals surface area contributed by atoms with Gasteiger partial charge in [-0.25, -0.2) is 9.37 Å². The van der Waals surface area contributed by atoms with Gasteiger partial charge >= 0.3 is 0 Å². The zero-order valence-electron chi connectivity index (χ0n) is 15.5. The Labute approximate surface area is 176 Å². The van der Waals surface area contributed by atoms with E-state index < -0.39 is 0 Å². The normalized spacial score (nSPS) is 21.9. The molecule has 1 saturated heterocycles. The summed E-state index contributed by atoms with van der Waals surface area (Å²) >= 11 is 0. The van der Waals surface area contributed by atoms with Gasteiger partial charge in [0.05, 0.1) is 5.69 Å². The van der Waals surface area contributed by atoms with Crippen LogP contribution in [-0.4, -0.2) is 35.2 Å². The molecule has 2 heterocycles. The summed E-state index contributed by atoms with van der Waals surface area (Å²) in [7, 11) is 0. The van der Waals surface area contributed by atoms with Crippen LogP contribution < -0.4 is 21.1 Å². The van der Waals surface area contributed by atoms with Crippen molar-refractivity contribution in [3.8, 4) is 5.75 Å². The van der Waals surface area contributed by atoms with Gasteiger partial charge in [-0.1, -0.05) is 6.07 Å². The minimum Gasteiger partial charge on any atom is -0.490 e. The van der Waals surface area contributed by atoms with Crippen molar-refractivity contribution in [3.05, 3.63) is 41.8 Å². The van der Waals surface area contributed by atoms with E-state index in [2.05, 4.69) is 14.9 Å². The average Bonchev–Trinajstić information content (AvgIpc) is 2.59. The molecule has 2 aromatic rings. The van der Waals surface area contributed by atoms with Gasteiger partial charge in [-0.05, 0) is 25.0 Å². The van der Waals surface area contributed by atoms with Crippen LogP contribution >= 0.6 is 24.8 Å². The fraction of sp³-hybridized carbons (Fsp3) is 0.474. The van der Waals surface area contributed by atoms with E-state index in [9.17, 15) is 4.39 Å². The summed E-state index contributed by atoms with van der Waals surface area (Å²) in [5.41, 5.74) is 12.8. The monoisotopic (exact) mass is 429 g/mol. The van der Waals surface area contributed by atoms with Crippen molar-refractivity contribution in [1.29, 1.82) is 0 Å². The van der Waals surface area contributed by atoms with Crippen LogP contribution in [0.2, 0.25) is 0 Å². The largest absolute Gasteiger partial charge is 0.490 e. The molecule has 28 heavy (non-hydrogen) atoms. The smallest absolute Gasteiger partial charge is 0.222 e. The zero-order valence-corrected chi connectivity index (χ0v) is 17.1. The number of aromatic nitrogens is 2. The van der Waals surface area contributed by atoms with E-state index in [1.54, 1.807) is 12.1 Å². The Hall–Kier alpha value is -1.83. The zero-order chi connectivity index (χ0) is 18.1. The maximum Gasteiger partial charge on any atom is 0.222 e. The molecular formula is C19H26Cl2FN5O. The number of ether oxygens (including phenoxy) is 1. The van der Waals surface area contributed by atoms with Crippen LogP contribution in [0.4, 0.5) is 16.2 Å². The quantitative estimate of drug-likeness (QED) is 0.774. The van der Waals surface area contributed by atoms with E-state index in [0.29, 0.717) is 17.6 Å². The van der Waals surface area contributed by atoms with Gasteiger partial charge in [0, 0.05) is 50.0 Å². The predicted molar refractivity (Wildman–Crippen MR) is 113 cm³/mol. The predicted octanol–water partition coefficient (Wildman–Crippen LogP) is 3.29. The molecule has 4 rings (SSSR count). The molecule has 1 aliphatic carbocycles. The SMILES string of the molecule is Cl.Cl.Nc1nc(C2CC(N)C2)cc(N2CCC(Oc3cccc(F)c3)CC2)n1. The maximum atomic E-state index is 13.3. The van der Waals surface area contributed by atoms with Crippen LogP contribution in [0, 0.1) is 5.82 Å². The Kier molecular flexibility index (Phi) is 7.69. The van der Waals surface area contributed by atoms with Crippen LogP contribution in [0.25, 0.3) is 0 Å².